The van der Waals surface area contributed by atoms with Crippen LogP contribution in [0.15, 0.2) is 6.33 Å². The lowest BCUT2D eigenvalue weighted by Gasteiger charge is -2.26. The summed E-state index contributed by atoms with van der Waals surface area (Å²) in [5.74, 6) is 2.01. The van der Waals surface area contributed by atoms with E-state index in [4.69, 9.17) is 0 Å². The van der Waals surface area contributed by atoms with Crippen LogP contribution >= 0.6 is 0 Å². The van der Waals surface area contributed by atoms with Gasteiger partial charge in [-0.1, -0.05) is 39.0 Å². The first-order valence-corrected chi connectivity index (χ1v) is 7.35. The van der Waals surface area contributed by atoms with Gasteiger partial charge in [-0.15, -0.1) is 0 Å². The molecule has 1 fully saturated rings. The highest BCUT2D eigenvalue weighted by molar-refractivity contribution is 4.90. The van der Waals surface area contributed by atoms with Crippen molar-refractivity contribution in [1.29, 1.82) is 0 Å². The van der Waals surface area contributed by atoms with E-state index in [1.807, 2.05) is 11.7 Å². The third-order valence-corrected chi connectivity index (χ3v) is 4.07. The van der Waals surface area contributed by atoms with Crippen molar-refractivity contribution in [3.8, 4) is 0 Å². The Hall–Kier alpha value is -0.900. The zero-order valence-electron chi connectivity index (χ0n) is 11.7. The molecule has 1 aromatic rings. The van der Waals surface area contributed by atoms with Gasteiger partial charge in [0, 0.05) is 19.5 Å². The number of likely N-dealkylation sites (N-methyl/N-ethyl adjacent to an activating group) is 1. The van der Waals surface area contributed by atoms with E-state index in [0.717, 1.165) is 24.7 Å². The van der Waals surface area contributed by atoms with E-state index in [0.29, 0.717) is 6.04 Å². The number of nitrogens with zero attached hydrogens (tertiary/aromatic N) is 3. The Morgan fingerprint density at radius 1 is 1.39 bits per heavy atom. The highest BCUT2D eigenvalue weighted by Gasteiger charge is 2.19. The van der Waals surface area contributed by atoms with Crippen LogP contribution in [0.5, 0.6) is 0 Å². The predicted molar refractivity (Wildman–Crippen MR) is 73.4 cm³/mol. The van der Waals surface area contributed by atoms with Gasteiger partial charge < -0.3 is 5.32 Å². The summed E-state index contributed by atoms with van der Waals surface area (Å²) in [7, 11) is 1.98. The molecule has 18 heavy (non-hydrogen) atoms. The van der Waals surface area contributed by atoms with Gasteiger partial charge in [0.2, 0.25) is 0 Å². The van der Waals surface area contributed by atoms with Crippen molar-refractivity contribution in [2.75, 3.05) is 6.54 Å². The minimum atomic E-state index is 0.556. The molecule has 0 aromatic carbocycles. The summed E-state index contributed by atoms with van der Waals surface area (Å²) < 4.78 is 1.89. The highest BCUT2D eigenvalue weighted by atomic mass is 15.3. The third kappa shape index (κ3) is 3.80. The van der Waals surface area contributed by atoms with E-state index in [2.05, 4.69) is 22.3 Å². The average Bonchev–Trinajstić information content (AvgIpc) is 2.77. The second kappa shape index (κ2) is 6.88. The third-order valence-electron chi connectivity index (χ3n) is 4.07. The lowest BCUT2D eigenvalue weighted by atomic mass is 9.84. The van der Waals surface area contributed by atoms with Gasteiger partial charge >= 0.3 is 0 Å². The zero-order valence-corrected chi connectivity index (χ0v) is 11.7. The number of aromatic nitrogens is 3. The summed E-state index contributed by atoms with van der Waals surface area (Å²) in [4.78, 5) is 4.34. The summed E-state index contributed by atoms with van der Waals surface area (Å²) in [6, 6.07) is 0.556. The SMILES string of the molecule is CCNC(Cc1ncnn1C)CC1CCCCC1. The van der Waals surface area contributed by atoms with Crippen molar-refractivity contribution in [1.82, 2.24) is 20.1 Å². The van der Waals surface area contributed by atoms with Gasteiger partial charge in [0.15, 0.2) is 0 Å². The van der Waals surface area contributed by atoms with Crippen LogP contribution in [0.4, 0.5) is 0 Å². The molecule has 4 heteroatoms. The van der Waals surface area contributed by atoms with E-state index in [-0.39, 0.29) is 0 Å². The standard InChI is InChI=1S/C14H26N4/c1-3-15-13(9-12-7-5-4-6-8-12)10-14-16-11-17-18(14)2/h11-13,15H,3-10H2,1-2H3. The average molecular weight is 250 g/mol. The number of nitrogens with one attached hydrogen (secondary N) is 1. The molecule has 1 saturated carbocycles. The fourth-order valence-electron chi connectivity index (χ4n) is 3.08. The van der Waals surface area contributed by atoms with E-state index in [9.17, 15) is 0 Å². The highest BCUT2D eigenvalue weighted by Crippen LogP contribution is 2.27. The summed E-state index contributed by atoms with van der Waals surface area (Å²) in [5, 5.41) is 7.77. The molecule has 0 bridgehead atoms. The molecule has 2 rings (SSSR count). The maximum Gasteiger partial charge on any atom is 0.138 e. The van der Waals surface area contributed by atoms with Crippen molar-refractivity contribution >= 4 is 0 Å². The van der Waals surface area contributed by atoms with Crippen LogP contribution < -0.4 is 5.32 Å². The second-order valence-electron chi connectivity index (χ2n) is 5.50. The maximum atomic E-state index is 4.34. The van der Waals surface area contributed by atoms with Gasteiger partial charge in [0.25, 0.3) is 0 Å². The van der Waals surface area contributed by atoms with Crippen molar-refractivity contribution < 1.29 is 0 Å². The largest absolute Gasteiger partial charge is 0.314 e. The fourth-order valence-corrected chi connectivity index (χ4v) is 3.08. The molecule has 4 nitrogen and oxygen atoms in total. The lowest BCUT2D eigenvalue weighted by Crippen LogP contribution is -2.34. The minimum absolute atomic E-state index is 0.556. The van der Waals surface area contributed by atoms with Crippen molar-refractivity contribution in [3.05, 3.63) is 12.2 Å². The number of aryl methyl sites for hydroxylation is 1. The summed E-state index contributed by atoms with van der Waals surface area (Å²) in [5.41, 5.74) is 0. The Balaban J connectivity index is 1.88. The molecule has 1 unspecified atom stereocenters. The van der Waals surface area contributed by atoms with Gasteiger partial charge in [0.1, 0.15) is 12.2 Å². The molecule has 1 aliphatic carbocycles. The van der Waals surface area contributed by atoms with Gasteiger partial charge in [-0.2, -0.15) is 5.10 Å². The van der Waals surface area contributed by atoms with E-state index < -0.39 is 0 Å². The Bertz CT molecular complexity index is 341. The smallest absolute Gasteiger partial charge is 0.138 e. The fraction of sp³-hybridized carbons (Fsp3) is 0.857. The van der Waals surface area contributed by atoms with Crippen molar-refractivity contribution in [3.63, 3.8) is 0 Å². The van der Waals surface area contributed by atoms with Crippen LogP contribution in [0.1, 0.15) is 51.3 Å². The second-order valence-corrected chi connectivity index (χ2v) is 5.50. The number of hydrogen-bond donors (Lipinski definition) is 1. The van der Waals surface area contributed by atoms with Crippen LogP contribution in [0, 0.1) is 5.92 Å². The molecule has 0 spiro atoms. The number of rotatable bonds is 6. The molecule has 0 radical (unpaired) electrons. The first-order chi connectivity index (χ1) is 8.79. The van der Waals surface area contributed by atoms with E-state index >= 15 is 0 Å². The molecular weight excluding hydrogens is 224 g/mol. The Kier molecular flexibility index (Phi) is 5.17. The molecule has 1 aromatic heterocycles. The summed E-state index contributed by atoms with van der Waals surface area (Å²) in [6.07, 6.45) is 11.1. The van der Waals surface area contributed by atoms with Crippen LogP contribution in [-0.2, 0) is 13.5 Å². The Morgan fingerprint density at radius 2 is 2.17 bits per heavy atom. The minimum Gasteiger partial charge on any atom is -0.314 e. The van der Waals surface area contributed by atoms with Gasteiger partial charge in [-0.3, -0.25) is 4.68 Å². The molecular formula is C14H26N4. The predicted octanol–water partition coefficient (Wildman–Crippen LogP) is 2.31. The first-order valence-electron chi connectivity index (χ1n) is 7.35. The van der Waals surface area contributed by atoms with Crippen molar-refractivity contribution in [2.45, 2.75) is 57.9 Å². The maximum absolute atomic E-state index is 4.34. The van der Waals surface area contributed by atoms with Crippen LogP contribution in [0.2, 0.25) is 0 Å². The molecule has 102 valence electrons. The molecule has 1 heterocycles. The van der Waals surface area contributed by atoms with Gasteiger partial charge in [-0.05, 0) is 18.9 Å². The molecule has 1 atom stereocenters. The topological polar surface area (TPSA) is 42.7 Å². The summed E-state index contributed by atoms with van der Waals surface area (Å²) in [6.45, 7) is 3.22. The monoisotopic (exact) mass is 250 g/mol. The van der Waals surface area contributed by atoms with E-state index in [1.54, 1.807) is 6.33 Å². The van der Waals surface area contributed by atoms with E-state index in [1.165, 1.54) is 38.5 Å². The number of hydrogen-bond acceptors (Lipinski definition) is 3. The van der Waals surface area contributed by atoms with Crippen molar-refractivity contribution in [2.24, 2.45) is 13.0 Å². The molecule has 0 saturated heterocycles. The molecule has 0 amide bonds. The molecule has 1 aliphatic rings. The Morgan fingerprint density at radius 3 is 2.78 bits per heavy atom. The lowest BCUT2D eigenvalue weighted by molar-refractivity contribution is 0.296. The summed E-state index contributed by atoms with van der Waals surface area (Å²) >= 11 is 0. The van der Waals surface area contributed by atoms with Crippen LogP contribution in [0.3, 0.4) is 0 Å². The van der Waals surface area contributed by atoms with Crippen LogP contribution in [-0.4, -0.2) is 27.4 Å². The zero-order chi connectivity index (χ0) is 12.8. The quantitative estimate of drug-likeness (QED) is 0.842. The van der Waals surface area contributed by atoms with Gasteiger partial charge in [-0.25, -0.2) is 4.98 Å². The molecule has 1 N–H and O–H groups in total. The van der Waals surface area contributed by atoms with Crippen LogP contribution in [0.25, 0.3) is 0 Å². The Labute approximate surface area is 110 Å². The normalized spacial score (nSPS) is 19.0. The molecule has 0 aliphatic heterocycles. The first kappa shape index (κ1) is 13.5. The van der Waals surface area contributed by atoms with Gasteiger partial charge in [0.05, 0.1) is 0 Å².